The number of pyridine rings is 1. The fraction of sp³-hybridized carbons (Fsp3) is 0.250. The zero-order valence-corrected chi connectivity index (χ0v) is 11.3. The summed E-state index contributed by atoms with van der Waals surface area (Å²) < 4.78 is 6.65. The lowest BCUT2D eigenvalue weighted by molar-refractivity contribution is -0.386. The standard InChI is InChI=1S/C12H12N4O5/c1-3-9-10(16(19)20)11(15(2)14-9)21-8-4-7(12(17)18)5-13-6-8/h4-6H,3H2,1-2H3,(H,17,18). The van der Waals surface area contributed by atoms with E-state index in [4.69, 9.17) is 9.84 Å². The molecule has 0 atom stereocenters. The molecule has 0 aliphatic rings. The number of carboxylic acids is 1. The molecule has 0 bridgehead atoms. The first-order valence-electron chi connectivity index (χ1n) is 6.00. The van der Waals surface area contributed by atoms with E-state index in [1.54, 1.807) is 6.92 Å². The van der Waals surface area contributed by atoms with E-state index in [1.807, 2.05) is 0 Å². The number of hydrogen-bond donors (Lipinski definition) is 1. The van der Waals surface area contributed by atoms with Gasteiger partial charge < -0.3 is 9.84 Å². The van der Waals surface area contributed by atoms with Crippen LogP contribution in [0.5, 0.6) is 11.6 Å². The highest BCUT2D eigenvalue weighted by Crippen LogP contribution is 2.34. The predicted octanol–water partition coefficient (Wildman–Crippen LogP) is 1.78. The van der Waals surface area contributed by atoms with Crippen molar-refractivity contribution < 1.29 is 19.6 Å². The maximum Gasteiger partial charge on any atom is 0.353 e. The minimum Gasteiger partial charge on any atom is -0.478 e. The average Bonchev–Trinajstić information content (AvgIpc) is 2.75. The molecule has 0 saturated carbocycles. The quantitative estimate of drug-likeness (QED) is 0.658. The first kappa shape index (κ1) is 14.4. The third kappa shape index (κ3) is 2.81. The van der Waals surface area contributed by atoms with Gasteiger partial charge in [0.1, 0.15) is 11.4 Å². The van der Waals surface area contributed by atoms with Gasteiger partial charge in [-0.1, -0.05) is 6.92 Å². The molecule has 0 aliphatic carbocycles. The summed E-state index contributed by atoms with van der Waals surface area (Å²) in [4.78, 5) is 25.2. The second-order valence-electron chi connectivity index (χ2n) is 4.15. The molecular weight excluding hydrogens is 280 g/mol. The Labute approximate surface area is 118 Å². The molecule has 9 nitrogen and oxygen atoms in total. The first-order chi connectivity index (χ1) is 9.93. The minimum atomic E-state index is -1.17. The van der Waals surface area contributed by atoms with Crippen molar-refractivity contribution in [2.24, 2.45) is 7.05 Å². The van der Waals surface area contributed by atoms with Crippen LogP contribution in [0, 0.1) is 10.1 Å². The smallest absolute Gasteiger partial charge is 0.353 e. The van der Waals surface area contributed by atoms with E-state index in [2.05, 4.69) is 10.1 Å². The number of aryl methyl sites for hydroxylation is 2. The van der Waals surface area contributed by atoms with Crippen LogP contribution >= 0.6 is 0 Å². The highest BCUT2D eigenvalue weighted by atomic mass is 16.6. The van der Waals surface area contributed by atoms with Gasteiger partial charge in [0.2, 0.25) is 0 Å². The summed E-state index contributed by atoms with van der Waals surface area (Å²) in [6.45, 7) is 1.74. The highest BCUT2D eigenvalue weighted by Gasteiger charge is 2.27. The third-order valence-corrected chi connectivity index (χ3v) is 2.73. The monoisotopic (exact) mass is 292 g/mol. The van der Waals surface area contributed by atoms with Crippen LogP contribution in [-0.2, 0) is 13.5 Å². The second kappa shape index (κ2) is 5.57. The zero-order chi connectivity index (χ0) is 15.6. The molecule has 0 radical (unpaired) electrons. The van der Waals surface area contributed by atoms with Gasteiger partial charge >= 0.3 is 11.7 Å². The summed E-state index contributed by atoms with van der Waals surface area (Å²) in [6, 6.07) is 1.23. The van der Waals surface area contributed by atoms with Crippen molar-refractivity contribution in [2.45, 2.75) is 13.3 Å². The summed E-state index contributed by atoms with van der Waals surface area (Å²) in [5.74, 6) is -1.15. The molecule has 0 aromatic carbocycles. The molecule has 110 valence electrons. The van der Waals surface area contributed by atoms with E-state index < -0.39 is 10.9 Å². The molecule has 0 saturated heterocycles. The summed E-state index contributed by atoms with van der Waals surface area (Å²) in [7, 11) is 1.51. The molecule has 0 unspecified atom stereocenters. The zero-order valence-electron chi connectivity index (χ0n) is 11.3. The number of aromatic nitrogens is 3. The number of nitro groups is 1. The van der Waals surface area contributed by atoms with Crippen molar-refractivity contribution in [3.05, 3.63) is 39.8 Å². The van der Waals surface area contributed by atoms with Crippen LogP contribution < -0.4 is 4.74 Å². The lowest BCUT2D eigenvalue weighted by Crippen LogP contribution is -2.00. The Kier molecular flexibility index (Phi) is 3.83. The summed E-state index contributed by atoms with van der Waals surface area (Å²) >= 11 is 0. The van der Waals surface area contributed by atoms with Crippen LogP contribution in [0.2, 0.25) is 0 Å². The third-order valence-electron chi connectivity index (χ3n) is 2.73. The molecule has 9 heteroatoms. The van der Waals surface area contributed by atoms with Crippen molar-refractivity contribution in [2.75, 3.05) is 0 Å². The van der Waals surface area contributed by atoms with Crippen LogP contribution in [-0.4, -0.2) is 30.8 Å². The number of rotatable bonds is 5. The maximum atomic E-state index is 11.1. The summed E-state index contributed by atoms with van der Waals surface area (Å²) in [5, 5.41) is 24.1. The van der Waals surface area contributed by atoms with E-state index in [0.717, 1.165) is 6.20 Å². The van der Waals surface area contributed by atoms with Gasteiger partial charge in [0.15, 0.2) is 0 Å². The minimum absolute atomic E-state index is 0.0683. The Morgan fingerprint density at radius 3 is 2.81 bits per heavy atom. The van der Waals surface area contributed by atoms with Crippen molar-refractivity contribution in [1.82, 2.24) is 14.8 Å². The van der Waals surface area contributed by atoms with Crippen molar-refractivity contribution >= 4 is 11.7 Å². The van der Waals surface area contributed by atoms with Crippen LogP contribution in [0.1, 0.15) is 23.0 Å². The Balaban J connectivity index is 2.44. The van der Waals surface area contributed by atoms with Crippen molar-refractivity contribution in [3.8, 4) is 11.6 Å². The second-order valence-corrected chi connectivity index (χ2v) is 4.15. The fourth-order valence-electron chi connectivity index (χ4n) is 1.79. The molecule has 2 aromatic heterocycles. The Hall–Kier alpha value is -2.97. The van der Waals surface area contributed by atoms with E-state index in [1.165, 1.54) is 24.0 Å². The number of hydrogen-bond acceptors (Lipinski definition) is 6. The van der Waals surface area contributed by atoms with E-state index >= 15 is 0 Å². The number of nitrogens with zero attached hydrogens (tertiary/aromatic N) is 4. The Bertz CT molecular complexity index is 710. The van der Waals surface area contributed by atoms with E-state index in [0.29, 0.717) is 12.1 Å². The van der Waals surface area contributed by atoms with Crippen LogP contribution in [0.25, 0.3) is 0 Å². The average molecular weight is 292 g/mol. The molecule has 0 spiro atoms. The van der Waals surface area contributed by atoms with Gasteiger partial charge in [-0.05, 0) is 12.5 Å². The van der Waals surface area contributed by atoms with Crippen molar-refractivity contribution in [1.29, 1.82) is 0 Å². The molecule has 0 aliphatic heterocycles. The summed E-state index contributed by atoms with van der Waals surface area (Å²) in [6.07, 6.45) is 2.81. The van der Waals surface area contributed by atoms with Crippen LogP contribution in [0.3, 0.4) is 0 Å². The van der Waals surface area contributed by atoms with E-state index in [9.17, 15) is 14.9 Å². The normalized spacial score (nSPS) is 10.4. The largest absolute Gasteiger partial charge is 0.478 e. The summed E-state index contributed by atoms with van der Waals surface area (Å²) in [5.41, 5.74) is -0.0198. The molecule has 0 amide bonds. The predicted molar refractivity (Wildman–Crippen MR) is 70.5 cm³/mol. The lowest BCUT2D eigenvalue weighted by atomic mass is 10.3. The number of aromatic carboxylic acids is 1. The molecule has 1 N–H and O–H groups in total. The van der Waals surface area contributed by atoms with Gasteiger partial charge in [-0.25, -0.2) is 9.48 Å². The van der Waals surface area contributed by atoms with Crippen molar-refractivity contribution in [3.63, 3.8) is 0 Å². The highest BCUT2D eigenvalue weighted by molar-refractivity contribution is 5.87. The topological polar surface area (TPSA) is 120 Å². The van der Waals surface area contributed by atoms with Gasteiger partial charge in [-0.2, -0.15) is 5.10 Å². The molecule has 2 heterocycles. The molecule has 0 fully saturated rings. The SMILES string of the molecule is CCc1nn(C)c(Oc2cncc(C(=O)O)c2)c1[N+](=O)[O-]. The number of carbonyl (C=O) groups is 1. The molecule has 2 aromatic rings. The lowest BCUT2D eigenvalue weighted by Gasteiger charge is -2.05. The van der Waals surface area contributed by atoms with Gasteiger partial charge in [0.05, 0.1) is 16.7 Å². The van der Waals surface area contributed by atoms with Gasteiger partial charge in [0, 0.05) is 13.2 Å². The van der Waals surface area contributed by atoms with Crippen LogP contribution in [0.4, 0.5) is 5.69 Å². The Morgan fingerprint density at radius 2 is 2.24 bits per heavy atom. The molecular formula is C12H12N4O5. The number of ether oxygens (including phenoxy) is 1. The van der Waals surface area contributed by atoms with Gasteiger partial charge in [0.25, 0.3) is 5.88 Å². The van der Waals surface area contributed by atoms with E-state index in [-0.39, 0.29) is 22.9 Å². The van der Waals surface area contributed by atoms with Gasteiger partial charge in [-0.3, -0.25) is 15.1 Å². The van der Waals surface area contributed by atoms with Crippen LogP contribution in [0.15, 0.2) is 18.5 Å². The molecule has 2 rings (SSSR count). The molecule has 21 heavy (non-hydrogen) atoms. The van der Waals surface area contributed by atoms with Gasteiger partial charge in [-0.15, -0.1) is 0 Å². The number of carboxylic acid groups (broad SMARTS) is 1. The fourth-order valence-corrected chi connectivity index (χ4v) is 1.79. The maximum absolute atomic E-state index is 11.1. The Morgan fingerprint density at radius 1 is 1.52 bits per heavy atom. The first-order valence-corrected chi connectivity index (χ1v) is 6.00.